The van der Waals surface area contributed by atoms with Crippen LogP contribution >= 0.6 is 23.2 Å². The number of rotatable bonds is 6. The fourth-order valence-corrected chi connectivity index (χ4v) is 3.36. The normalized spacial score (nSPS) is 15.3. The topological polar surface area (TPSA) is 75.6 Å². The maximum absolute atomic E-state index is 11.6. The molecule has 0 amide bonds. The van der Waals surface area contributed by atoms with Gasteiger partial charge in [0.05, 0.1) is 0 Å². The zero-order chi connectivity index (χ0) is 15.5. The molecule has 0 spiro atoms. The lowest BCUT2D eigenvalue weighted by Gasteiger charge is -2.21. The fourth-order valence-electron chi connectivity index (χ4n) is 1.60. The van der Waals surface area contributed by atoms with Crippen molar-refractivity contribution < 1.29 is 17.7 Å². The molecular weight excluding hydrogens is 325 g/mol. The first kappa shape index (κ1) is 17.7. The summed E-state index contributed by atoms with van der Waals surface area (Å²) in [6.45, 7) is 4.74. The number of benzene rings is 1. The van der Waals surface area contributed by atoms with Gasteiger partial charge in [-0.25, -0.2) is 0 Å². The predicted octanol–water partition coefficient (Wildman–Crippen LogP) is 2.67. The molecule has 1 rings (SSSR count). The van der Waals surface area contributed by atoms with E-state index in [1.54, 1.807) is 32.0 Å². The van der Waals surface area contributed by atoms with Crippen molar-refractivity contribution in [2.24, 2.45) is 0 Å². The van der Waals surface area contributed by atoms with Crippen molar-refractivity contribution >= 4 is 33.5 Å². The van der Waals surface area contributed by atoms with Crippen LogP contribution in [0.5, 0.6) is 0 Å². The van der Waals surface area contributed by atoms with Crippen LogP contribution in [0, 0.1) is 0 Å². The number of aliphatic hydroxyl groups is 1. The molecule has 0 aromatic heterocycles. The van der Waals surface area contributed by atoms with Crippen LogP contribution in [0.1, 0.15) is 32.4 Å². The Kier molecular flexibility index (Phi) is 6.25. The van der Waals surface area contributed by atoms with Crippen molar-refractivity contribution in [3.63, 3.8) is 0 Å². The van der Waals surface area contributed by atoms with Gasteiger partial charge >= 0.3 is 10.3 Å². The van der Waals surface area contributed by atoms with Gasteiger partial charge in [0, 0.05) is 21.7 Å². The molecule has 2 atom stereocenters. The molecule has 0 saturated carbocycles. The molecule has 114 valence electrons. The molecule has 0 aliphatic carbocycles. The third-order valence-corrected chi connectivity index (χ3v) is 4.37. The summed E-state index contributed by atoms with van der Waals surface area (Å²) in [5.74, 6) is 0. The van der Waals surface area contributed by atoms with Gasteiger partial charge in [0.15, 0.2) is 0 Å². The lowest BCUT2D eigenvalue weighted by molar-refractivity contribution is 0.0496. The SMILES string of the molecule is CC(C)NS(=O)(=O)O[C@@H](C)[C@@H](O)c1c(Cl)cccc1Cl. The number of hydrogen-bond acceptors (Lipinski definition) is 4. The first-order valence-corrected chi connectivity index (χ1v) is 8.13. The third kappa shape index (κ3) is 4.87. The minimum Gasteiger partial charge on any atom is -0.386 e. The number of nitrogens with one attached hydrogen (secondary N) is 1. The second-order valence-corrected chi connectivity index (χ2v) is 6.76. The molecule has 20 heavy (non-hydrogen) atoms. The molecule has 0 fully saturated rings. The van der Waals surface area contributed by atoms with E-state index in [0.717, 1.165) is 0 Å². The van der Waals surface area contributed by atoms with Crippen LogP contribution in [0.15, 0.2) is 18.2 Å². The molecule has 0 bridgehead atoms. The highest BCUT2D eigenvalue weighted by Crippen LogP contribution is 2.33. The van der Waals surface area contributed by atoms with Crippen LogP contribution in [-0.2, 0) is 14.5 Å². The molecule has 2 N–H and O–H groups in total. The van der Waals surface area contributed by atoms with Crippen LogP contribution in [0.25, 0.3) is 0 Å². The van der Waals surface area contributed by atoms with Crippen molar-refractivity contribution in [3.05, 3.63) is 33.8 Å². The highest BCUT2D eigenvalue weighted by molar-refractivity contribution is 7.84. The molecule has 0 saturated heterocycles. The second kappa shape index (κ2) is 7.06. The van der Waals surface area contributed by atoms with Crippen LogP contribution < -0.4 is 4.72 Å². The third-order valence-electron chi connectivity index (χ3n) is 2.40. The highest BCUT2D eigenvalue weighted by atomic mass is 35.5. The minimum atomic E-state index is -3.95. The van der Waals surface area contributed by atoms with Gasteiger partial charge in [0.2, 0.25) is 0 Å². The largest absolute Gasteiger partial charge is 0.386 e. The molecule has 0 radical (unpaired) electrons. The molecule has 0 aliphatic rings. The molecule has 8 heteroatoms. The summed E-state index contributed by atoms with van der Waals surface area (Å²) in [6.07, 6.45) is -2.30. The van der Waals surface area contributed by atoms with Gasteiger partial charge in [-0.05, 0) is 32.9 Å². The van der Waals surface area contributed by atoms with Gasteiger partial charge in [0.25, 0.3) is 0 Å². The Morgan fingerprint density at radius 3 is 2.15 bits per heavy atom. The molecule has 0 aliphatic heterocycles. The first-order chi connectivity index (χ1) is 9.14. The van der Waals surface area contributed by atoms with E-state index < -0.39 is 22.5 Å². The van der Waals surface area contributed by atoms with E-state index in [0.29, 0.717) is 0 Å². The van der Waals surface area contributed by atoms with E-state index in [1.165, 1.54) is 6.92 Å². The smallest absolute Gasteiger partial charge is 0.336 e. The fraction of sp³-hybridized carbons (Fsp3) is 0.500. The summed E-state index contributed by atoms with van der Waals surface area (Å²) in [4.78, 5) is 0. The first-order valence-electron chi connectivity index (χ1n) is 5.96. The van der Waals surface area contributed by atoms with Gasteiger partial charge < -0.3 is 5.11 Å². The Bertz CT molecular complexity index is 542. The molecule has 0 heterocycles. The lowest BCUT2D eigenvalue weighted by Crippen LogP contribution is -2.35. The van der Waals surface area contributed by atoms with Crippen LogP contribution in [0.3, 0.4) is 0 Å². The van der Waals surface area contributed by atoms with Gasteiger partial charge in [-0.1, -0.05) is 29.3 Å². The highest BCUT2D eigenvalue weighted by Gasteiger charge is 2.27. The minimum absolute atomic E-state index is 0.239. The predicted molar refractivity (Wildman–Crippen MR) is 79.2 cm³/mol. The quantitative estimate of drug-likeness (QED) is 0.833. The molecule has 5 nitrogen and oxygen atoms in total. The van der Waals surface area contributed by atoms with E-state index >= 15 is 0 Å². The van der Waals surface area contributed by atoms with E-state index in [1.807, 2.05) is 0 Å². The average Bonchev–Trinajstić information content (AvgIpc) is 2.25. The van der Waals surface area contributed by atoms with E-state index in [4.69, 9.17) is 27.4 Å². The summed E-state index contributed by atoms with van der Waals surface area (Å²) in [7, 11) is -3.95. The van der Waals surface area contributed by atoms with Crippen LogP contribution in [0.2, 0.25) is 10.0 Å². The van der Waals surface area contributed by atoms with Gasteiger partial charge in [0.1, 0.15) is 12.2 Å². The standard InChI is InChI=1S/C12H17Cl2NO4S/c1-7(2)15-20(17,18)19-8(3)12(16)11-9(13)5-4-6-10(11)14/h4-8,12,15-16H,1-3H3/t8-,12+/m0/s1. The summed E-state index contributed by atoms with van der Waals surface area (Å²) in [5, 5.41) is 10.7. The van der Waals surface area contributed by atoms with Crippen molar-refractivity contribution in [1.29, 1.82) is 0 Å². The Morgan fingerprint density at radius 2 is 1.70 bits per heavy atom. The zero-order valence-corrected chi connectivity index (χ0v) is 13.6. The number of hydrogen-bond donors (Lipinski definition) is 2. The van der Waals surface area contributed by atoms with Gasteiger partial charge in [-0.3, -0.25) is 4.18 Å². The van der Waals surface area contributed by atoms with E-state index in [-0.39, 0.29) is 21.7 Å². The molecule has 1 aromatic carbocycles. The summed E-state index contributed by atoms with van der Waals surface area (Å²) < 4.78 is 30.4. The Morgan fingerprint density at radius 1 is 1.20 bits per heavy atom. The number of aliphatic hydroxyl groups excluding tert-OH is 1. The lowest BCUT2D eigenvalue weighted by atomic mass is 10.1. The monoisotopic (exact) mass is 341 g/mol. The Labute approximate surface area is 129 Å². The van der Waals surface area contributed by atoms with Gasteiger partial charge in [-0.15, -0.1) is 0 Å². The van der Waals surface area contributed by atoms with Crippen molar-refractivity contribution in [1.82, 2.24) is 4.72 Å². The van der Waals surface area contributed by atoms with Crippen molar-refractivity contribution in [3.8, 4) is 0 Å². The van der Waals surface area contributed by atoms with Crippen molar-refractivity contribution in [2.75, 3.05) is 0 Å². The molecule has 0 unspecified atom stereocenters. The van der Waals surface area contributed by atoms with Crippen LogP contribution in [-0.4, -0.2) is 25.7 Å². The summed E-state index contributed by atoms with van der Waals surface area (Å²) in [6, 6.07) is 4.43. The second-order valence-electron chi connectivity index (χ2n) is 4.61. The summed E-state index contributed by atoms with van der Waals surface area (Å²) in [5.41, 5.74) is 0.239. The summed E-state index contributed by atoms with van der Waals surface area (Å²) >= 11 is 11.9. The van der Waals surface area contributed by atoms with E-state index in [9.17, 15) is 13.5 Å². The maximum Gasteiger partial charge on any atom is 0.336 e. The van der Waals surface area contributed by atoms with Crippen molar-refractivity contribution in [2.45, 2.75) is 39.0 Å². The molecule has 1 aromatic rings. The molecular formula is C12H17Cl2NO4S. The average molecular weight is 342 g/mol. The zero-order valence-electron chi connectivity index (χ0n) is 11.3. The van der Waals surface area contributed by atoms with E-state index in [2.05, 4.69) is 4.72 Å². The Balaban J connectivity index is 2.90. The number of halogens is 2. The Hall–Kier alpha value is -0.370. The van der Waals surface area contributed by atoms with Gasteiger partial charge in [-0.2, -0.15) is 13.1 Å². The maximum atomic E-state index is 11.6. The van der Waals surface area contributed by atoms with Crippen LogP contribution in [0.4, 0.5) is 0 Å².